The van der Waals surface area contributed by atoms with Crippen molar-refractivity contribution in [2.24, 2.45) is 5.90 Å². The second-order valence-corrected chi connectivity index (χ2v) is 13.0. The van der Waals surface area contributed by atoms with Gasteiger partial charge in [-0.3, -0.25) is 0 Å². The Labute approximate surface area is 523 Å². The SMILES string of the molecule is FCC(F)=C(F)F.FCC(F)=C(F)F.FCC(F)=C(F)F.FCC(F)=C(F)F.FCF.FCF.FCF.FCF.FOCC(F)(F)F.FOCC(F)(F)F.FOCC(F)(F)F.FOCC(F)(F)F.FOCC(F)(F)F.FOCC(F)(F)F.FOCC(F)(F)F.NOS(=O)(=O)C(F)(OF)C(F)(F)F. The molecule has 0 aromatic heterocycles. The minimum absolute atomic E-state index is 1.67. The Morgan fingerprint density at radius 3 is 0.373 bits per heavy atom. The van der Waals surface area contributed by atoms with Crippen LogP contribution in [0.25, 0.3) is 0 Å². The molecule has 0 aliphatic heterocycles. The maximum Gasteiger partial charge on any atom is 0.470 e. The van der Waals surface area contributed by atoms with Gasteiger partial charge in [-0.1, -0.05) is 0 Å². The number of hydrogen-bond acceptors (Lipinski definition) is 12. The molecule has 2 N–H and O–H groups in total. The Balaban J connectivity index is -0.0000000559. The molecule has 1 unspecified atom stereocenters. The molecule has 0 aromatic carbocycles. The van der Waals surface area contributed by atoms with Crippen molar-refractivity contribution in [1.82, 2.24) is 0 Å². The lowest BCUT2D eigenvalue weighted by Gasteiger charge is -2.20. The van der Waals surface area contributed by atoms with Gasteiger partial charge >= 0.3 is 89.0 Å². The van der Waals surface area contributed by atoms with Gasteiger partial charge < -0.3 is 0 Å². The fraction of sp³-hybridized carbons (Fsp3) is 0.750. The minimum Gasteiger partial charge on any atom is -0.243 e. The van der Waals surface area contributed by atoms with E-state index in [0.29, 0.717) is 0 Å². The molecule has 0 saturated carbocycles. The van der Waals surface area contributed by atoms with Gasteiger partial charge in [-0.15, -0.1) is 4.94 Å². The second-order valence-electron chi connectivity index (χ2n) is 11.3. The van der Waals surface area contributed by atoms with Crippen LogP contribution in [0.3, 0.4) is 0 Å². The molecule has 0 heterocycles. The van der Waals surface area contributed by atoms with Crippen molar-refractivity contribution in [3.63, 3.8) is 0 Å². The van der Waals surface area contributed by atoms with Crippen molar-refractivity contribution in [2.75, 3.05) is 101 Å². The second kappa shape index (κ2) is 81.2. The number of halogens is 57. The van der Waals surface area contributed by atoms with E-state index < -0.39 is 213 Å². The summed E-state index contributed by atoms with van der Waals surface area (Å²) in [5, 5.41) is -5.62. The van der Waals surface area contributed by atoms with E-state index in [9.17, 15) is 260 Å². The summed E-state index contributed by atoms with van der Waals surface area (Å²) in [5.41, 5.74) is 0. The highest BCUT2D eigenvalue weighted by atomic mass is 32.2. The fourth-order valence-electron chi connectivity index (χ4n) is 0.921. The van der Waals surface area contributed by atoms with Crippen molar-refractivity contribution < 1.29 is 304 Å². The van der Waals surface area contributed by atoms with Crippen LogP contribution in [-0.2, 0) is 53.9 Å². The van der Waals surface area contributed by atoms with Crippen molar-refractivity contribution in [1.29, 1.82) is 0 Å². The van der Waals surface area contributed by atoms with E-state index in [0.717, 1.165) is 0 Å². The molecule has 0 aliphatic rings. The maximum absolute atomic E-state index is 12.3. The molecule has 636 valence electrons. The molecule has 0 radical (unpaired) electrons. The van der Waals surface area contributed by atoms with Gasteiger partial charge in [0.2, 0.25) is 27.7 Å². The largest absolute Gasteiger partial charge is 0.470 e. The molecule has 0 bridgehead atoms. The summed E-state index contributed by atoms with van der Waals surface area (Å²) >= 11 is 0. The lowest BCUT2D eigenvalue weighted by molar-refractivity contribution is -0.363. The van der Waals surface area contributed by atoms with Crippen LogP contribution in [0.5, 0.6) is 0 Å². The molecular weight excluding hydrogens is 1690 g/mol. The van der Waals surface area contributed by atoms with E-state index >= 15 is 0 Å². The van der Waals surface area contributed by atoms with E-state index in [4.69, 9.17) is 0 Å². The molecule has 0 aliphatic carbocycles. The zero-order valence-corrected chi connectivity index (χ0v) is 46.9. The standard InChI is InChI=1S/4C3H2F4.C2H2F5NO4S.7C2H2F4O.4CH2F2/c4*4-1-2(5)3(6)7;3-1(4,5)2(6,11-7)13(9,10)12-8;7*3-2(4,5)1-7-6;4*2-1-3/h4*1H2;8H2;7*1H2;4*1H2. The molecule has 12 nitrogen and oxygen atoms in total. The van der Waals surface area contributed by atoms with Crippen LogP contribution in [-0.4, -0.2) is 164 Å². The maximum atomic E-state index is 12.3. The Bertz CT molecular complexity index is 1680. The fourth-order valence-corrected chi connectivity index (χ4v) is 1.41. The van der Waals surface area contributed by atoms with Crippen molar-refractivity contribution in [3.05, 3.63) is 47.6 Å². The predicted octanol–water partition coefficient (Wildman–Crippen LogP) is 22.1. The zero-order valence-electron chi connectivity index (χ0n) is 46.1. The third-order valence-electron chi connectivity index (χ3n) is 3.70. The number of alkyl halides is 37. The topological polar surface area (TPSA) is 143 Å². The third kappa shape index (κ3) is 166. The Morgan fingerprint density at radius 1 is 0.255 bits per heavy atom. The van der Waals surface area contributed by atoms with Gasteiger partial charge in [-0.2, -0.15) is 198 Å². The summed E-state index contributed by atoms with van der Waals surface area (Å²) in [6.45, 7) is -26.7. The molecule has 1 atom stereocenters. The van der Waals surface area contributed by atoms with Crippen LogP contribution in [0, 0.1) is 0 Å². The monoisotopic (exact) mass is 1720 g/mol. The van der Waals surface area contributed by atoms with Gasteiger partial charge in [-0.05, 0) is 36.2 Å². The first-order chi connectivity index (χ1) is 45.4. The molecule has 0 amide bonds. The summed E-state index contributed by atoms with van der Waals surface area (Å²) < 4.78 is 627. The van der Waals surface area contributed by atoms with Gasteiger partial charge in [0.05, 0.1) is 0 Å². The zero-order chi connectivity index (χ0) is 86.6. The van der Waals surface area contributed by atoms with E-state index in [1.165, 1.54) is 0 Å². The van der Waals surface area contributed by atoms with E-state index in [2.05, 4.69) is 44.8 Å². The first-order valence-electron chi connectivity index (χ1n) is 19.7. The summed E-state index contributed by atoms with van der Waals surface area (Å²) in [6, 6.07) is 0. The molecule has 0 fully saturated rings. The van der Waals surface area contributed by atoms with Crippen molar-refractivity contribution >= 4 is 10.1 Å². The van der Waals surface area contributed by atoms with Gasteiger partial charge in [0.1, 0.15) is 26.7 Å². The molecule has 0 rings (SSSR count). The molecule has 102 heavy (non-hydrogen) atoms. The van der Waals surface area contributed by atoms with Crippen molar-refractivity contribution in [3.8, 4) is 0 Å². The number of allylic oxidation sites excluding steroid dienone is 4. The smallest absolute Gasteiger partial charge is 0.243 e. The molecule has 0 saturated heterocycles. The third-order valence-corrected chi connectivity index (χ3v) is 4.89. The highest BCUT2D eigenvalue weighted by molar-refractivity contribution is 7.87. The van der Waals surface area contributed by atoms with Crippen LogP contribution >= 0.6 is 0 Å². The predicted molar refractivity (Wildman–Crippen MR) is 212 cm³/mol. The number of hydrogen-bond donors (Lipinski definition) is 1. The van der Waals surface area contributed by atoms with Crippen LogP contribution in [0.15, 0.2) is 47.6 Å². The summed E-state index contributed by atoms with van der Waals surface area (Å²) in [5.74, 6) is -4.15. The van der Waals surface area contributed by atoms with Crippen LogP contribution in [0.2, 0.25) is 0 Å². The normalized spacial score (nSPS) is 11.2. The average molecular weight is 1720 g/mol. The van der Waals surface area contributed by atoms with E-state index in [-0.39, 0.29) is 0 Å². The summed E-state index contributed by atoms with van der Waals surface area (Å²) in [4.78, 5) is 17.6. The first kappa shape index (κ1) is 136. The number of nitrogens with two attached hydrogens (primary N) is 1. The van der Waals surface area contributed by atoms with Gasteiger partial charge in [0.15, 0.2) is 69.6 Å². The van der Waals surface area contributed by atoms with Crippen molar-refractivity contribution in [2.45, 2.75) is 54.6 Å². The highest BCUT2D eigenvalue weighted by Gasteiger charge is 2.70. The minimum atomic E-state index is -6.17. The van der Waals surface area contributed by atoms with Crippen LogP contribution in [0.1, 0.15) is 0 Å². The first-order valence-corrected chi connectivity index (χ1v) is 21.1. The van der Waals surface area contributed by atoms with Gasteiger partial charge in [-0.25, -0.2) is 70.2 Å². The molecule has 0 spiro atoms. The van der Waals surface area contributed by atoms with Crippen LogP contribution in [0.4, 0.5) is 251 Å². The summed E-state index contributed by atoms with van der Waals surface area (Å²) in [6.07, 6.45) is -48.3. The highest BCUT2D eigenvalue weighted by Crippen LogP contribution is 2.40. The van der Waals surface area contributed by atoms with Crippen LogP contribution < -0.4 is 5.90 Å². The Hall–Kier alpha value is -5.48. The van der Waals surface area contributed by atoms with E-state index in [1.54, 1.807) is 4.94 Å². The lowest BCUT2D eigenvalue weighted by atomic mass is 10.6. The van der Waals surface area contributed by atoms with Gasteiger partial charge in [0, 0.05) is 0 Å². The molecule has 70 heteroatoms. The number of rotatable bonds is 14. The lowest BCUT2D eigenvalue weighted by Crippen LogP contribution is -2.50. The Morgan fingerprint density at radius 2 is 0.363 bits per heavy atom. The quantitative estimate of drug-likeness (QED) is 0.131. The molecular formula is C32H32F57NO11S. The Kier molecular flexibility index (Phi) is 108. The summed E-state index contributed by atoms with van der Waals surface area (Å²) in [7, 11) is -6.08. The average Bonchev–Trinajstić information content (AvgIpc) is 0.775. The van der Waals surface area contributed by atoms with Gasteiger partial charge in [0.25, 0.3) is 0 Å². The molecule has 0 aromatic rings. The van der Waals surface area contributed by atoms with E-state index in [1.807, 2.05) is 0 Å².